The van der Waals surface area contributed by atoms with Crippen LogP contribution in [0.15, 0.2) is 63.5 Å². The third-order valence-corrected chi connectivity index (χ3v) is 6.90. The van der Waals surface area contributed by atoms with Crippen molar-refractivity contribution in [3.05, 3.63) is 74.7 Å². The standard InChI is InChI=1S/C16H6Br4N2O8S2/c17-5-1-7-11(9(19)3-5)21-13(15(7)29-31(23,24)25)14-16(30-32(26,27)28)8-2-6(18)4-10(20)12(8)22-14/h1-4H,(H,23,24,25)(H,26,27,28). The summed E-state index contributed by atoms with van der Waals surface area (Å²) in [5, 5.41) is 0.770. The Morgan fingerprint density at radius 3 is 1.31 bits per heavy atom. The Balaban J connectivity index is 2.18. The minimum absolute atomic E-state index is 0.156. The number of nitrogens with zero attached hydrogens (tertiary/aromatic N) is 2. The largest absolute Gasteiger partial charge is 0.446 e. The Bertz CT molecular complexity index is 1590. The van der Waals surface area contributed by atoms with Gasteiger partial charge in [-0.05, 0) is 56.1 Å². The number of benzene rings is 2. The molecule has 2 heterocycles. The zero-order valence-electron chi connectivity index (χ0n) is 14.9. The lowest BCUT2D eigenvalue weighted by Crippen LogP contribution is -2.26. The summed E-state index contributed by atoms with van der Waals surface area (Å²) in [5.74, 6) is -0.856. The first-order valence-electron chi connectivity index (χ1n) is 7.98. The second-order valence-corrected chi connectivity index (χ2v) is 11.8. The lowest BCUT2D eigenvalue weighted by molar-refractivity contribution is 0.363. The van der Waals surface area contributed by atoms with E-state index in [-0.39, 0.29) is 32.5 Å². The number of hydrogen-bond acceptors (Lipinski definition) is 8. The maximum Gasteiger partial charge on any atom is 0.446 e. The van der Waals surface area contributed by atoms with Crippen LogP contribution in [0.1, 0.15) is 0 Å². The first kappa shape index (κ1) is 24.0. The molecule has 0 bridgehead atoms. The van der Waals surface area contributed by atoms with Crippen LogP contribution < -0.4 is 21.2 Å². The highest BCUT2D eigenvalue weighted by atomic mass is 79.9. The van der Waals surface area contributed by atoms with Gasteiger partial charge in [-0.25, -0.2) is 9.98 Å². The maximum absolute atomic E-state index is 11.6. The molecule has 2 N–H and O–H groups in total. The fourth-order valence-electron chi connectivity index (χ4n) is 2.99. The minimum atomic E-state index is -5.01. The zero-order chi connectivity index (χ0) is 23.6. The van der Waals surface area contributed by atoms with Crippen LogP contribution in [0.3, 0.4) is 0 Å². The Kier molecular flexibility index (Phi) is 6.20. The summed E-state index contributed by atoms with van der Waals surface area (Å²) in [6, 6.07) is 6.23. The zero-order valence-corrected chi connectivity index (χ0v) is 22.9. The van der Waals surface area contributed by atoms with E-state index in [0.717, 1.165) is 0 Å². The van der Waals surface area contributed by atoms with Crippen LogP contribution in [0.2, 0.25) is 0 Å². The first-order valence-corrected chi connectivity index (χ1v) is 13.9. The van der Waals surface area contributed by atoms with Gasteiger partial charge in [-0.2, -0.15) is 16.8 Å². The third kappa shape index (κ3) is 4.72. The molecule has 32 heavy (non-hydrogen) atoms. The van der Waals surface area contributed by atoms with E-state index in [9.17, 15) is 25.9 Å². The fourth-order valence-corrected chi connectivity index (χ4v) is 6.37. The van der Waals surface area contributed by atoms with Crippen molar-refractivity contribution in [3.63, 3.8) is 0 Å². The summed E-state index contributed by atoms with van der Waals surface area (Å²) >= 11 is 13.2. The quantitative estimate of drug-likeness (QED) is 0.451. The SMILES string of the molecule is O=S(=O)(O)OC1=c2cc(Br)cc(Br)c2=NC1=C1N=c2c(Br)cc(Br)cc2=C1OS(=O)(=O)O. The molecule has 2 aromatic rings. The van der Waals surface area contributed by atoms with Crippen LogP contribution in [0, 0.1) is 0 Å². The van der Waals surface area contributed by atoms with E-state index in [4.69, 9.17) is 8.37 Å². The highest BCUT2D eigenvalue weighted by Gasteiger charge is 2.31. The van der Waals surface area contributed by atoms with Crippen molar-refractivity contribution in [1.29, 1.82) is 0 Å². The van der Waals surface area contributed by atoms with Crippen molar-refractivity contribution >= 4 is 96.0 Å². The first-order chi connectivity index (χ1) is 14.7. The molecule has 0 spiro atoms. The molecule has 0 amide bonds. The number of hydrogen-bond donors (Lipinski definition) is 2. The summed E-state index contributed by atoms with van der Waals surface area (Å²) in [5.41, 5.74) is -0.511. The van der Waals surface area contributed by atoms with Crippen LogP contribution in [0.5, 0.6) is 0 Å². The van der Waals surface area contributed by atoms with Crippen molar-refractivity contribution in [1.82, 2.24) is 0 Å². The van der Waals surface area contributed by atoms with E-state index in [2.05, 4.69) is 73.7 Å². The number of rotatable bonds is 4. The Morgan fingerprint density at radius 1 is 0.656 bits per heavy atom. The van der Waals surface area contributed by atoms with Gasteiger partial charge in [0.25, 0.3) is 0 Å². The molecule has 16 heteroatoms. The van der Waals surface area contributed by atoms with Crippen molar-refractivity contribution in [2.45, 2.75) is 0 Å². The van der Waals surface area contributed by atoms with Gasteiger partial charge >= 0.3 is 20.8 Å². The summed E-state index contributed by atoms with van der Waals surface area (Å²) in [4.78, 5) is 8.66. The van der Waals surface area contributed by atoms with E-state index in [0.29, 0.717) is 17.9 Å². The number of halogens is 4. The van der Waals surface area contributed by atoms with Crippen molar-refractivity contribution in [2.75, 3.05) is 0 Å². The molecule has 0 saturated heterocycles. The maximum atomic E-state index is 11.6. The van der Waals surface area contributed by atoms with Crippen molar-refractivity contribution in [2.24, 2.45) is 9.98 Å². The fraction of sp³-hybridized carbons (Fsp3) is 0. The molecule has 4 rings (SSSR count). The molecular weight excluding hydrogens is 732 g/mol. The van der Waals surface area contributed by atoms with Gasteiger partial charge < -0.3 is 8.37 Å². The molecule has 0 aromatic heterocycles. The predicted octanol–water partition coefficient (Wildman–Crippen LogP) is 1.77. The van der Waals surface area contributed by atoms with E-state index in [1.165, 1.54) is 12.1 Å². The molecule has 0 aliphatic carbocycles. The second kappa shape index (κ2) is 8.26. The van der Waals surface area contributed by atoms with Crippen LogP contribution in [0.25, 0.3) is 11.5 Å². The lowest BCUT2D eigenvalue weighted by atomic mass is 10.2. The second-order valence-electron chi connectivity index (χ2n) is 6.17. The summed E-state index contributed by atoms with van der Waals surface area (Å²) < 4.78 is 76.4. The van der Waals surface area contributed by atoms with Gasteiger partial charge in [-0.3, -0.25) is 9.11 Å². The van der Waals surface area contributed by atoms with Gasteiger partial charge in [0.05, 0.1) is 10.7 Å². The average molecular weight is 738 g/mol. The molecule has 168 valence electrons. The molecule has 0 saturated carbocycles. The Labute approximate surface area is 213 Å². The van der Waals surface area contributed by atoms with Gasteiger partial charge in [-0.1, -0.05) is 31.9 Å². The van der Waals surface area contributed by atoms with Crippen molar-refractivity contribution in [3.8, 4) is 0 Å². The molecule has 2 aliphatic rings. The summed E-state index contributed by atoms with van der Waals surface area (Å²) in [6.07, 6.45) is 0. The third-order valence-electron chi connectivity index (χ3n) is 4.02. The van der Waals surface area contributed by atoms with Crippen LogP contribution in [-0.2, 0) is 29.2 Å². The molecule has 0 fully saturated rings. The van der Waals surface area contributed by atoms with Crippen LogP contribution in [-0.4, -0.2) is 25.9 Å². The van der Waals surface area contributed by atoms with Crippen LogP contribution >= 0.6 is 63.7 Å². The molecule has 0 radical (unpaired) electrons. The van der Waals surface area contributed by atoms with E-state index < -0.39 is 32.3 Å². The predicted molar refractivity (Wildman–Crippen MR) is 124 cm³/mol. The van der Waals surface area contributed by atoms with Gasteiger partial charge in [0.1, 0.15) is 11.4 Å². The highest BCUT2D eigenvalue weighted by molar-refractivity contribution is 9.11. The molecule has 2 aromatic carbocycles. The average Bonchev–Trinajstić information content (AvgIpc) is 3.12. The van der Waals surface area contributed by atoms with E-state index in [1.807, 2.05) is 0 Å². The van der Waals surface area contributed by atoms with E-state index >= 15 is 0 Å². The Morgan fingerprint density at radius 2 is 1.00 bits per heavy atom. The van der Waals surface area contributed by atoms with Crippen LogP contribution in [0.4, 0.5) is 0 Å². The van der Waals surface area contributed by atoms with Crippen molar-refractivity contribution < 1.29 is 34.3 Å². The Hall–Kier alpha value is -1.14. The van der Waals surface area contributed by atoms with Gasteiger partial charge in [0.15, 0.2) is 11.5 Å². The van der Waals surface area contributed by atoms with Gasteiger partial charge in [0, 0.05) is 28.3 Å². The van der Waals surface area contributed by atoms with Gasteiger partial charge in [-0.15, -0.1) is 0 Å². The summed E-state index contributed by atoms with van der Waals surface area (Å²) in [6.45, 7) is 0. The molecule has 0 unspecified atom stereocenters. The molecular formula is C16H6Br4N2O8S2. The molecule has 10 nitrogen and oxygen atoms in total. The minimum Gasteiger partial charge on any atom is -0.359 e. The van der Waals surface area contributed by atoms with Gasteiger partial charge in [0.2, 0.25) is 0 Å². The smallest absolute Gasteiger partial charge is 0.359 e. The molecule has 2 aliphatic heterocycles. The lowest BCUT2D eigenvalue weighted by Gasteiger charge is -2.09. The normalized spacial score (nSPS) is 17.6. The van der Waals surface area contributed by atoms with E-state index in [1.54, 1.807) is 12.1 Å². The highest BCUT2D eigenvalue weighted by Crippen LogP contribution is 2.31. The molecule has 0 atom stereocenters. The topological polar surface area (TPSA) is 152 Å². The number of fused-ring (bicyclic) bond motifs is 2. The summed E-state index contributed by atoms with van der Waals surface area (Å²) in [7, 11) is -10.0. The monoisotopic (exact) mass is 734 g/mol.